The van der Waals surface area contributed by atoms with Crippen LogP contribution in [0.25, 0.3) is 0 Å². The van der Waals surface area contributed by atoms with Crippen LogP contribution in [0.5, 0.6) is 0 Å². The molecule has 3 rings (SSSR count). The Morgan fingerprint density at radius 3 is 2.11 bits per heavy atom. The van der Waals surface area contributed by atoms with Gasteiger partial charge in [0, 0.05) is 26.7 Å². The van der Waals surface area contributed by atoms with E-state index in [4.69, 9.17) is 0 Å². The molecule has 196 valence electrons. The van der Waals surface area contributed by atoms with Crippen molar-refractivity contribution in [3.63, 3.8) is 0 Å². The number of hydrogen-bond donors (Lipinski definition) is 1. The molecule has 2 amide bonds. The molecular weight excluding hydrogens is 476 g/mol. The minimum Gasteiger partial charge on any atom is -0.352 e. The summed E-state index contributed by atoms with van der Waals surface area (Å²) in [5, 5.41) is 3.12. The predicted molar refractivity (Wildman–Crippen MR) is 143 cm³/mol. The highest BCUT2D eigenvalue weighted by molar-refractivity contribution is 7.90. The Bertz CT molecular complexity index is 1090. The van der Waals surface area contributed by atoms with E-state index in [9.17, 15) is 18.0 Å². The van der Waals surface area contributed by atoms with Crippen LogP contribution >= 0.6 is 0 Å². The zero-order valence-electron chi connectivity index (χ0n) is 21.5. The average molecular weight is 515 g/mol. The first-order chi connectivity index (χ1) is 17.2. The standard InChI is InChI=1S/C27H38N4O4S/c1-4-25(27(33)28-23-15-11-12-16-23)30(20-19-22-13-7-5-8-14-22)26(32)21-31(36(34,35)29(2)3)24-17-9-6-10-18-24/h5-10,13-14,17-18,23,25H,4,11-12,15-16,19-21H2,1-3H3,(H,28,33)/t25-/m1/s1. The molecule has 9 heteroatoms. The van der Waals surface area contributed by atoms with Crippen LogP contribution in [0.2, 0.25) is 0 Å². The summed E-state index contributed by atoms with van der Waals surface area (Å²) in [6.45, 7) is 1.80. The topological polar surface area (TPSA) is 90.0 Å². The van der Waals surface area contributed by atoms with Crippen LogP contribution in [0, 0.1) is 0 Å². The number of amides is 2. The lowest BCUT2D eigenvalue weighted by molar-refractivity contribution is -0.139. The SMILES string of the molecule is CC[C@H](C(=O)NC1CCCC1)N(CCc1ccccc1)C(=O)CN(c1ccccc1)S(=O)(=O)N(C)C. The molecule has 1 aliphatic rings. The first-order valence-corrected chi connectivity index (χ1v) is 14.0. The van der Waals surface area contributed by atoms with Crippen molar-refractivity contribution in [1.29, 1.82) is 0 Å². The number of anilines is 1. The highest BCUT2D eigenvalue weighted by Crippen LogP contribution is 2.21. The van der Waals surface area contributed by atoms with Crippen molar-refractivity contribution in [2.45, 2.75) is 57.5 Å². The monoisotopic (exact) mass is 514 g/mol. The number of hydrogen-bond acceptors (Lipinski definition) is 4. The molecule has 2 aromatic rings. The molecule has 8 nitrogen and oxygen atoms in total. The molecule has 36 heavy (non-hydrogen) atoms. The summed E-state index contributed by atoms with van der Waals surface area (Å²) < 4.78 is 28.5. The molecule has 1 atom stereocenters. The van der Waals surface area contributed by atoms with Gasteiger partial charge < -0.3 is 10.2 Å². The first-order valence-electron chi connectivity index (χ1n) is 12.6. The van der Waals surface area contributed by atoms with Crippen LogP contribution in [0.15, 0.2) is 60.7 Å². The quantitative estimate of drug-likeness (QED) is 0.471. The Morgan fingerprint density at radius 2 is 1.56 bits per heavy atom. The van der Waals surface area contributed by atoms with Gasteiger partial charge >= 0.3 is 10.2 Å². The predicted octanol–water partition coefficient (Wildman–Crippen LogP) is 3.21. The van der Waals surface area contributed by atoms with E-state index in [1.165, 1.54) is 14.1 Å². The number of carbonyl (C=O) groups excluding carboxylic acids is 2. The van der Waals surface area contributed by atoms with Gasteiger partial charge in [0.05, 0.1) is 5.69 Å². The summed E-state index contributed by atoms with van der Waals surface area (Å²) >= 11 is 0. The fourth-order valence-electron chi connectivity index (χ4n) is 4.57. The van der Waals surface area contributed by atoms with Crippen molar-refractivity contribution in [3.8, 4) is 0 Å². The third-order valence-corrected chi connectivity index (χ3v) is 8.45. The van der Waals surface area contributed by atoms with Crippen molar-refractivity contribution in [1.82, 2.24) is 14.5 Å². The lowest BCUT2D eigenvalue weighted by atomic mass is 10.1. The Labute approximate surface area is 215 Å². The van der Waals surface area contributed by atoms with Crippen molar-refractivity contribution in [2.75, 3.05) is 31.5 Å². The summed E-state index contributed by atoms with van der Waals surface area (Å²) in [5.41, 5.74) is 1.44. The third kappa shape index (κ3) is 7.07. The molecule has 1 saturated carbocycles. The summed E-state index contributed by atoms with van der Waals surface area (Å²) in [6, 6.07) is 17.8. The molecule has 1 aliphatic carbocycles. The Hall–Kier alpha value is -2.91. The van der Waals surface area contributed by atoms with Crippen LogP contribution in [0.3, 0.4) is 0 Å². The second-order valence-corrected chi connectivity index (χ2v) is 11.4. The third-order valence-electron chi connectivity index (χ3n) is 6.63. The molecule has 0 aliphatic heterocycles. The van der Waals surface area contributed by atoms with Crippen molar-refractivity contribution >= 4 is 27.7 Å². The summed E-state index contributed by atoms with van der Waals surface area (Å²) in [6.07, 6.45) is 5.07. The minimum atomic E-state index is -3.94. The Balaban J connectivity index is 1.88. The van der Waals surface area contributed by atoms with Crippen molar-refractivity contribution < 1.29 is 18.0 Å². The van der Waals surface area contributed by atoms with Crippen LogP contribution in [-0.2, 0) is 26.2 Å². The molecule has 2 aromatic carbocycles. The fraction of sp³-hybridized carbons (Fsp3) is 0.481. The minimum absolute atomic E-state index is 0.132. The van der Waals surface area contributed by atoms with E-state index in [0.717, 1.165) is 39.9 Å². The van der Waals surface area contributed by atoms with E-state index in [-0.39, 0.29) is 11.9 Å². The first kappa shape index (κ1) is 27.7. The van der Waals surface area contributed by atoms with E-state index in [0.29, 0.717) is 25.1 Å². The van der Waals surface area contributed by atoms with E-state index in [1.807, 2.05) is 37.3 Å². The number of nitrogens with zero attached hydrogens (tertiary/aromatic N) is 3. The maximum atomic E-state index is 13.8. The van der Waals surface area contributed by atoms with Gasteiger partial charge in [-0.2, -0.15) is 12.7 Å². The Morgan fingerprint density at radius 1 is 0.972 bits per heavy atom. The van der Waals surface area contributed by atoms with E-state index >= 15 is 0 Å². The summed E-state index contributed by atoms with van der Waals surface area (Å²) in [5.74, 6) is -0.582. The van der Waals surface area contributed by atoms with Gasteiger partial charge in [0.1, 0.15) is 12.6 Å². The van der Waals surface area contributed by atoms with Gasteiger partial charge in [-0.05, 0) is 43.4 Å². The maximum absolute atomic E-state index is 13.8. The zero-order valence-corrected chi connectivity index (χ0v) is 22.3. The van der Waals surface area contributed by atoms with Crippen LogP contribution in [-0.4, -0.2) is 68.7 Å². The smallest absolute Gasteiger partial charge is 0.304 e. The second kappa shape index (κ2) is 12.9. The van der Waals surface area contributed by atoms with Crippen LogP contribution in [0.4, 0.5) is 5.69 Å². The van der Waals surface area contributed by atoms with Crippen molar-refractivity contribution in [2.24, 2.45) is 0 Å². The van der Waals surface area contributed by atoms with Gasteiger partial charge in [0.2, 0.25) is 11.8 Å². The van der Waals surface area contributed by atoms with E-state index in [1.54, 1.807) is 35.2 Å². The van der Waals surface area contributed by atoms with Gasteiger partial charge in [-0.15, -0.1) is 0 Å². The molecule has 0 unspecified atom stereocenters. The molecule has 1 N–H and O–H groups in total. The average Bonchev–Trinajstić information content (AvgIpc) is 3.38. The lowest BCUT2D eigenvalue weighted by Gasteiger charge is -2.34. The number of para-hydroxylation sites is 1. The molecule has 0 saturated heterocycles. The summed E-state index contributed by atoms with van der Waals surface area (Å²) in [4.78, 5) is 28.6. The van der Waals surface area contributed by atoms with Crippen LogP contribution in [0.1, 0.15) is 44.6 Å². The van der Waals surface area contributed by atoms with Crippen molar-refractivity contribution in [3.05, 3.63) is 66.2 Å². The zero-order chi connectivity index (χ0) is 26.1. The van der Waals surface area contributed by atoms with Gasteiger partial charge in [0.25, 0.3) is 0 Å². The molecular formula is C27H38N4O4S. The molecule has 0 radical (unpaired) electrons. The fourth-order valence-corrected chi connectivity index (χ4v) is 5.63. The normalized spacial score (nSPS) is 15.0. The highest BCUT2D eigenvalue weighted by Gasteiger charge is 2.34. The lowest BCUT2D eigenvalue weighted by Crippen LogP contribution is -2.55. The highest BCUT2D eigenvalue weighted by atomic mass is 32.2. The van der Waals surface area contributed by atoms with Crippen LogP contribution < -0.4 is 9.62 Å². The number of benzene rings is 2. The molecule has 0 heterocycles. The summed E-state index contributed by atoms with van der Waals surface area (Å²) in [7, 11) is -1.07. The largest absolute Gasteiger partial charge is 0.352 e. The number of rotatable bonds is 12. The van der Waals surface area contributed by atoms with Gasteiger partial charge in [-0.1, -0.05) is 68.3 Å². The molecule has 0 bridgehead atoms. The molecule has 1 fully saturated rings. The van der Waals surface area contributed by atoms with Gasteiger partial charge in [-0.25, -0.2) is 4.31 Å². The molecule has 0 aromatic heterocycles. The van der Waals surface area contributed by atoms with Gasteiger partial charge in [-0.3, -0.25) is 9.59 Å². The van der Waals surface area contributed by atoms with E-state index < -0.39 is 28.7 Å². The number of nitrogens with one attached hydrogen (secondary N) is 1. The van der Waals surface area contributed by atoms with E-state index in [2.05, 4.69) is 5.32 Å². The van der Waals surface area contributed by atoms with Gasteiger partial charge in [0.15, 0.2) is 0 Å². The number of carbonyl (C=O) groups is 2. The maximum Gasteiger partial charge on any atom is 0.304 e. The second-order valence-electron chi connectivity index (χ2n) is 9.37. The molecule has 0 spiro atoms. The Kier molecular flexibility index (Phi) is 9.89.